The number of anilines is 1. The van der Waals surface area contributed by atoms with Crippen LogP contribution in [0.1, 0.15) is 0 Å². The van der Waals surface area contributed by atoms with Gasteiger partial charge in [-0.05, 0) is 23.7 Å². The third kappa shape index (κ3) is 2.21. The maximum absolute atomic E-state index is 5.60. The van der Waals surface area contributed by atoms with Crippen LogP contribution in [0.3, 0.4) is 0 Å². The quantitative estimate of drug-likeness (QED) is 0.907. The van der Waals surface area contributed by atoms with Crippen LogP contribution >= 0.6 is 11.5 Å². The molecule has 0 spiro atoms. The van der Waals surface area contributed by atoms with Gasteiger partial charge in [-0.15, -0.1) is 0 Å². The number of nitrogens with two attached hydrogens (primary N) is 1. The van der Waals surface area contributed by atoms with E-state index in [0.717, 1.165) is 44.8 Å². The van der Waals surface area contributed by atoms with E-state index in [9.17, 15) is 0 Å². The fourth-order valence-electron chi connectivity index (χ4n) is 2.46. The highest BCUT2D eigenvalue weighted by Gasteiger charge is 2.19. The minimum atomic E-state index is 0.753. The van der Waals surface area contributed by atoms with Crippen LogP contribution in [0.15, 0.2) is 24.3 Å². The molecule has 2 heterocycles. The first-order valence-corrected chi connectivity index (χ1v) is 7.17. The smallest absolute Gasteiger partial charge is 0.120 e. The van der Waals surface area contributed by atoms with Crippen molar-refractivity contribution in [2.24, 2.45) is 5.73 Å². The van der Waals surface area contributed by atoms with E-state index in [2.05, 4.69) is 32.4 Å². The lowest BCUT2D eigenvalue weighted by Gasteiger charge is -2.35. The summed E-state index contributed by atoms with van der Waals surface area (Å²) in [5, 5.41) is 2.60. The van der Waals surface area contributed by atoms with Crippen molar-refractivity contribution in [3.05, 3.63) is 24.3 Å². The van der Waals surface area contributed by atoms with Gasteiger partial charge in [-0.1, -0.05) is 12.1 Å². The Balaban J connectivity index is 1.76. The third-order valence-corrected chi connectivity index (χ3v) is 4.41. The Hall–Kier alpha value is -1.17. The lowest BCUT2D eigenvalue weighted by Crippen LogP contribution is -2.47. The zero-order chi connectivity index (χ0) is 12.4. The zero-order valence-corrected chi connectivity index (χ0v) is 11.2. The van der Waals surface area contributed by atoms with Crippen molar-refractivity contribution in [3.63, 3.8) is 0 Å². The van der Waals surface area contributed by atoms with Crippen molar-refractivity contribution in [2.75, 3.05) is 44.2 Å². The minimum Gasteiger partial charge on any atom is -0.359 e. The highest BCUT2D eigenvalue weighted by atomic mass is 32.1. The molecule has 96 valence electrons. The minimum absolute atomic E-state index is 0.753. The van der Waals surface area contributed by atoms with E-state index >= 15 is 0 Å². The summed E-state index contributed by atoms with van der Waals surface area (Å²) >= 11 is 1.62. The predicted molar refractivity (Wildman–Crippen MR) is 77.3 cm³/mol. The van der Waals surface area contributed by atoms with E-state index in [0.29, 0.717) is 0 Å². The van der Waals surface area contributed by atoms with Crippen molar-refractivity contribution < 1.29 is 0 Å². The molecule has 1 saturated heterocycles. The number of nitrogens with zero attached hydrogens (tertiary/aromatic N) is 3. The monoisotopic (exact) mass is 262 g/mol. The zero-order valence-electron chi connectivity index (χ0n) is 10.4. The lowest BCUT2D eigenvalue weighted by atomic mass is 10.2. The van der Waals surface area contributed by atoms with Gasteiger partial charge in [0.2, 0.25) is 0 Å². The van der Waals surface area contributed by atoms with Crippen LogP contribution in [-0.4, -0.2) is 48.5 Å². The molecule has 0 radical (unpaired) electrons. The number of fused-ring (bicyclic) bond motifs is 1. The van der Waals surface area contributed by atoms with Crippen LogP contribution in [0.4, 0.5) is 5.00 Å². The number of aromatic nitrogens is 1. The van der Waals surface area contributed by atoms with Crippen LogP contribution in [0.2, 0.25) is 0 Å². The summed E-state index contributed by atoms with van der Waals surface area (Å²) < 4.78 is 4.52. The Morgan fingerprint density at radius 2 is 1.94 bits per heavy atom. The first kappa shape index (κ1) is 11.9. The molecule has 0 aliphatic carbocycles. The van der Waals surface area contributed by atoms with Crippen molar-refractivity contribution in [1.29, 1.82) is 0 Å². The topological polar surface area (TPSA) is 45.4 Å². The molecule has 4 nitrogen and oxygen atoms in total. The SMILES string of the molecule is NCCN1CCN(c2snc3ccccc23)CC1. The van der Waals surface area contributed by atoms with Gasteiger partial charge in [-0.2, -0.15) is 4.37 Å². The molecule has 0 bridgehead atoms. The second kappa shape index (κ2) is 5.22. The Morgan fingerprint density at radius 1 is 1.17 bits per heavy atom. The maximum Gasteiger partial charge on any atom is 0.120 e. The Labute approximate surface area is 111 Å². The molecule has 1 aliphatic heterocycles. The molecule has 18 heavy (non-hydrogen) atoms. The molecule has 2 aromatic rings. The number of hydrogen-bond acceptors (Lipinski definition) is 5. The van der Waals surface area contributed by atoms with E-state index in [1.807, 2.05) is 6.07 Å². The summed E-state index contributed by atoms with van der Waals surface area (Å²) in [6.07, 6.45) is 0. The van der Waals surface area contributed by atoms with Gasteiger partial charge in [-0.25, -0.2) is 0 Å². The Kier molecular flexibility index (Phi) is 3.45. The number of benzene rings is 1. The van der Waals surface area contributed by atoms with Gasteiger partial charge in [0.25, 0.3) is 0 Å². The van der Waals surface area contributed by atoms with Gasteiger partial charge in [0, 0.05) is 44.7 Å². The van der Waals surface area contributed by atoms with Crippen LogP contribution < -0.4 is 10.6 Å². The number of piperazine rings is 1. The van der Waals surface area contributed by atoms with Crippen LogP contribution in [-0.2, 0) is 0 Å². The van der Waals surface area contributed by atoms with Gasteiger partial charge in [0.05, 0.1) is 5.52 Å². The summed E-state index contributed by atoms with van der Waals surface area (Å²) in [6.45, 7) is 6.12. The van der Waals surface area contributed by atoms with Crippen LogP contribution in [0.5, 0.6) is 0 Å². The number of hydrogen-bond donors (Lipinski definition) is 1. The van der Waals surface area contributed by atoms with E-state index in [-0.39, 0.29) is 0 Å². The average molecular weight is 262 g/mol. The molecule has 5 heteroatoms. The molecule has 0 amide bonds. The van der Waals surface area contributed by atoms with Crippen LogP contribution in [0, 0.1) is 0 Å². The summed E-state index contributed by atoms with van der Waals surface area (Å²) in [5.74, 6) is 0. The average Bonchev–Trinajstić information content (AvgIpc) is 2.84. The molecule has 2 N–H and O–H groups in total. The predicted octanol–water partition coefficient (Wildman–Crippen LogP) is 1.38. The molecule has 0 atom stereocenters. The second-order valence-corrected chi connectivity index (χ2v) is 5.37. The van der Waals surface area contributed by atoms with E-state index in [1.54, 1.807) is 11.5 Å². The fourth-order valence-corrected chi connectivity index (χ4v) is 3.37. The molecule has 1 aliphatic rings. The molecule has 0 saturated carbocycles. The Bertz CT molecular complexity index is 516. The summed E-state index contributed by atoms with van der Waals surface area (Å²) in [6, 6.07) is 8.39. The van der Waals surface area contributed by atoms with Crippen molar-refractivity contribution in [1.82, 2.24) is 9.27 Å². The third-order valence-electron chi connectivity index (χ3n) is 3.47. The normalized spacial score (nSPS) is 17.5. The maximum atomic E-state index is 5.60. The van der Waals surface area contributed by atoms with Gasteiger partial charge in [0.15, 0.2) is 0 Å². The largest absolute Gasteiger partial charge is 0.359 e. The lowest BCUT2D eigenvalue weighted by molar-refractivity contribution is 0.265. The van der Waals surface area contributed by atoms with Gasteiger partial charge in [-0.3, -0.25) is 4.90 Å². The Morgan fingerprint density at radius 3 is 2.72 bits per heavy atom. The summed E-state index contributed by atoms with van der Waals surface area (Å²) in [7, 11) is 0. The molecular formula is C13H18N4S. The number of rotatable bonds is 3. The molecule has 3 rings (SSSR count). The van der Waals surface area contributed by atoms with Crippen molar-refractivity contribution in [3.8, 4) is 0 Å². The summed E-state index contributed by atoms with van der Waals surface area (Å²) in [5.41, 5.74) is 6.71. The van der Waals surface area contributed by atoms with Gasteiger partial charge < -0.3 is 10.6 Å². The van der Waals surface area contributed by atoms with E-state index in [1.165, 1.54) is 10.4 Å². The van der Waals surface area contributed by atoms with Gasteiger partial charge in [0.1, 0.15) is 5.00 Å². The van der Waals surface area contributed by atoms with Crippen molar-refractivity contribution in [2.45, 2.75) is 0 Å². The molecular weight excluding hydrogens is 244 g/mol. The van der Waals surface area contributed by atoms with Crippen molar-refractivity contribution >= 4 is 27.4 Å². The highest BCUT2D eigenvalue weighted by molar-refractivity contribution is 7.11. The second-order valence-electron chi connectivity index (χ2n) is 4.62. The summed E-state index contributed by atoms with van der Waals surface area (Å²) in [4.78, 5) is 4.88. The first-order valence-electron chi connectivity index (χ1n) is 6.40. The molecule has 1 aromatic heterocycles. The standard InChI is InChI=1S/C13H18N4S/c14-5-6-16-7-9-17(10-8-16)13-11-3-1-2-4-12(11)15-18-13/h1-4H,5-10,14H2. The highest BCUT2D eigenvalue weighted by Crippen LogP contribution is 2.31. The molecule has 1 fully saturated rings. The molecule has 1 aromatic carbocycles. The van der Waals surface area contributed by atoms with Crippen LogP contribution in [0.25, 0.3) is 10.9 Å². The fraction of sp³-hybridized carbons (Fsp3) is 0.462. The van der Waals surface area contributed by atoms with E-state index < -0.39 is 0 Å². The van der Waals surface area contributed by atoms with Gasteiger partial charge >= 0.3 is 0 Å². The van der Waals surface area contributed by atoms with E-state index in [4.69, 9.17) is 5.73 Å². The first-order chi connectivity index (χ1) is 8.88. The molecule has 0 unspecified atom stereocenters.